The highest BCUT2D eigenvalue weighted by molar-refractivity contribution is 7.71. The summed E-state index contributed by atoms with van der Waals surface area (Å²) in [7, 11) is 0. The number of nitrogens with zero attached hydrogens (tertiary/aromatic N) is 1. The Labute approximate surface area is 108 Å². The summed E-state index contributed by atoms with van der Waals surface area (Å²) in [5.74, 6) is -3.78. The van der Waals surface area contributed by atoms with Gasteiger partial charge in [-0.2, -0.15) is 13.2 Å². The number of rotatable bonds is 1. The second-order valence-electron chi connectivity index (χ2n) is 3.58. The Kier molecular flexibility index (Phi) is 3.36. The average Bonchev–Trinajstić information content (AvgIpc) is 2.31. The highest BCUT2D eigenvalue weighted by Gasteiger charge is 2.34. The minimum absolute atomic E-state index is 0.288. The molecule has 2 nitrogen and oxygen atoms in total. The lowest BCUT2D eigenvalue weighted by atomic mass is 10.1. The summed E-state index contributed by atoms with van der Waals surface area (Å²) in [5, 5.41) is 0. The van der Waals surface area contributed by atoms with Crippen molar-refractivity contribution in [2.75, 3.05) is 0 Å². The third kappa shape index (κ3) is 2.78. The summed E-state index contributed by atoms with van der Waals surface area (Å²) in [4.78, 5) is 5.00. The van der Waals surface area contributed by atoms with Crippen LogP contribution >= 0.6 is 12.2 Å². The maximum absolute atomic E-state index is 13.5. The molecule has 0 radical (unpaired) electrons. The van der Waals surface area contributed by atoms with Crippen molar-refractivity contribution in [2.45, 2.75) is 6.18 Å². The van der Waals surface area contributed by atoms with Crippen molar-refractivity contribution < 1.29 is 22.0 Å². The molecule has 0 atom stereocenters. The predicted molar refractivity (Wildman–Crippen MR) is 59.8 cm³/mol. The van der Waals surface area contributed by atoms with Gasteiger partial charge in [0.15, 0.2) is 11.6 Å². The highest BCUT2D eigenvalue weighted by atomic mass is 32.1. The van der Waals surface area contributed by atoms with E-state index in [0.29, 0.717) is 0 Å². The third-order valence-electron chi connectivity index (χ3n) is 2.25. The van der Waals surface area contributed by atoms with Gasteiger partial charge < -0.3 is 4.98 Å². The van der Waals surface area contributed by atoms with Gasteiger partial charge in [-0.15, -0.1) is 0 Å². The van der Waals surface area contributed by atoms with E-state index < -0.39 is 23.6 Å². The van der Waals surface area contributed by atoms with Gasteiger partial charge in [0.2, 0.25) is 5.82 Å². The van der Waals surface area contributed by atoms with Crippen molar-refractivity contribution in [2.24, 2.45) is 0 Å². The SMILES string of the molecule is Fc1cccc(-c2cc(=S)nc(C(F)(F)F)[nH]2)c1F. The van der Waals surface area contributed by atoms with Crippen LogP contribution < -0.4 is 0 Å². The lowest BCUT2D eigenvalue weighted by molar-refractivity contribution is -0.145. The van der Waals surface area contributed by atoms with Gasteiger partial charge in [-0.25, -0.2) is 13.8 Å². The standard InChI is InChI=1S/C11H5F5N2S/c12-6-3-1-2-5(9(6)13)7-4-8(19)18-10(17-7)11(14,15)16/h1-4H,(H,17,18,19). The number of benzene rings is 1. The fourth-order valence-corrected chi connectivity index (χ4v) is 1.66. The van der Waals surface area contributed by atoms with E-state index in [0.717, 1.165) is 18.2 Å². The normalized spacial score (nSPS) is 11.6. The largest absolute Gasteiger partial charge is 0.449 e. The number of nitrogens with one attached hydrogen (secondary N) is 1. The van der Waals surface area contributed by atoms with E-state index in [-0.39, 0.29) is 15.9 Å². The first-order chi connectivity index (χ1) is 8.79. The second kappa shape index (κ2) is 4.69. The fraction of sp³-hybridized carbons (Fsp3) is 0.0909. The molecule has 2 aromatic rings. The van der Waals surface area contributed by atoms with Gasteiger partial charge in [0.05, 0.1) is 5.69 Å². The van der Waals surface area contributed by atoms with Gasteiger partial charge in [0.1, 0.15) is 4.64 Å². The van der Waals surface area contributed by atoms with E-state index >= 15 is 0 Å². The van der Waals surface area contributed by atoms with E-state index in [1.54, 1.807) is 0 Å². The average molecular weight is 292 g/mol. The van der Waals surface area contributed by atoms with Crippen molar-refractivity contribution >= 4 is 12.2 Å². The minimum Gasteiger partial charge on any atom is -0.335 e. The summed E-state index contributed by atoms with van der Waals surface area (Å²) in [6, 6.07) is 4.21. The van der Waals surface area contributed by atoms with Crippen molar-refractivity contribution in [3.05, 3.63) is 46.4 Å². The molecule has 0 saturated heterocycles. The van der Waals surface area contributed by atoms with Crippen LogP contribution in [0.15, 0.2) is 24.3 Å². The Morgan fingerprint density at radius 2 is 1.84 bits per heavy atom. The summed E-state index contributed by atoms with van der Waals surface area (Å²) >= 11 is 4.58. The molecule has 0 fully saturated rings. The Balaban J connectivity index is 2.67. The van der Waals surface area contributed by atoms with E-state index in [2.05, 4.69) is 17.2 Å². The summed E-state index contributed by atoms with van der Waals surface area (Å²) in [6.07, 6.45) is -4.76. The first-order valence-corrected chi connectivity index (χ1v) is 5.33. The highest BCUT2D eigenvalue weighted by Crippen LogP contribution is 2.29. The zero-order valence-corrected chi connectivity index (χ0v) is 9.87. The van der Waals surface area contributed by atoms with Gasteiger partial charge in [0, 0.05) is 5.56 Å². The smallest absolute Gasteiger partial charge is 0.335 e. The topological polar surface area (TPSA) is 28.7 Å². The van der Waals surface area contributed by atoms with Crippen LogP contribution in [-0.2, 0) is 6.18 Å². The first kappa shape index (κ1) is 13.6. The van der Waals surface area contributed by atoms with Gasteiger partial charge in [-0.1, -0.05) is 18.3 Å². The lowest BCUT2D eigenvalue weighted by Crippen LogP contribution is -2.11. The van der Waals surface area contributed by atoms with Gasteiger partial charge >= 0.3 is 6.18 Å². The quantitative estimate of drug-likeness (QED) is 0.633. The number of H-pyrrole nitrogens is 1. The first-order valence-electron chi connectivity index (χ1n) is 4.92. The molecule has 0 aliphatic carbocycles. The summed E-state index contributed by atoms with van der Waals surface area (Å²) in [5.41, 5.74) is -0.636. The molecule has 1 heterocycles. The molecule has 100 valence electrons. The molecule has 1 N–H and O–H groups in total. The zero-order valence-electron chi connectivity index (χ0n) is 9.05. The number of hydrogen-bond acceptors (Lipinski definition) is 2. The summed E-state index contributed by atoms with van der Waals surface area (Å²) < 4.78 is 63.8. The van der Waals surface area contributed by atoms with Crippen LogP contribution in [0.2, 0.25) is 0 Å². The number of aromatic amines is 1. The Bertz CT molecular complexity index is 678. The molecule has 2 rings (SSSR count). The van der Waals surface area contributed by atoms with E-state index in [1.165, 1.54) is 6.07 Å². The van der Waals surface area contributed by atoms with Crippen LogP contribution in [0.4, 0.5) is 22.0 Å². The number of hydrogen-bond donors (Lipinski definition) is 1. The van der Waals surface area contributed by atoms with Crippen molar-refractivity contribution in [3.63, 3.8) is 0 Å². The van der Waals surface area contributed by atoms with E-state index in [4.69, 9.17) is 0 Å². The molecule has 0 amide bonds. The van der Waals surface area contributed by atoms with Crippen LogP contribution in [0.25, 0.3) is 11.3 Å². The van der Waals surface area contributed by atoms with Crippen molar-refractivity contribution in [1.29, 1.82) is 0 Å². The fourth-order valence-electron chi connectivity index (χ4n) is 1.45. The maximum atomic E-state index is 13.5. The third-order valence-corrected chi connectivity index (χ3v) is 2.46. The molecule has 1 aromatic heterocycles. The molecular weight excluding hydrogens is 287 g/mol. The van der Waals surface area contributed by atoms with Crippen LogP contribution in [0.1, 0.15) is 5.82 Å². The molecule has 0 bridgehead atoms. The van der Waals surface area contributed by atoms with Gasteiger partial charge in [0.25, 0.3) is 0 Å². The number of alkyl halides is 3. The maximum Gasteiger partial charge on any atom is 0.449 e. The Morgan fingerprint density at radius 1 is 1.16 bits per heavy atom. The molecule has 8 heteroatoms. The Hall–Kier alpha value is -1.83. The minimum atomic E-state index is -4.76. The van der Waals surface area contributed by atoms with Crippen LogP contribution in [-0.4, -0.2) is 9.97 Å². The Morgan fingerprint density at radius 3 is 2.47 bits per heavy atom. The van der Waals surface area contributed by atoms with Crippen molar-refractivity contribution in [3.8, 4) is 11.3 Å². The second-order valence-corrected chi connectivity index (χ2v) is 4.00. The lowest BCUT2D eigenvalue weighted by Gasteiger charge is -2.09. The van der Waals surface area contributed by atoms with E-state index in [9.17, 15) is 22.0 Å². The predicted octanol–water partition coefficient (Wildman–Crippen LogP) is 4.10. The molecule has 19 heavy (non-hydrogen) atoms. The van der Waals surface area contributed by atoms with Crippen LogP contribution in [0.3, 0.4) is 0 Å². The van der Waals surface area contributed by atoms with Crippen LogP contribution in [0, 0.1) is 16.3 Å². The zero-order chi connectivity index (χ0) is 14.2. The molecule has 0 spiro atoms. The summed E-state index contributed by atoms with van der Waals surface area (Å²) in [6.45, 7) is 0. The number of halogens is 5. The van der Waals surface area contributed by atoms with E-state index in [1.807, 2.05) is 4.98 Å². The van der Waals surface area contributed by atoms with Crippen LogP contribution in [0.5, 0.6) is 0 Å². The number of aromatic nitrogens is 2. The molecule has 0 aliphatic heterocycles. The van der Waals surface area contributed by atoms with Crippen molar-refractivity contribution in [1.82, 2.24) is 9.97 Å². The molecule has 0 saturated carbocycles. The molecule has 1 aromatic carbocycles. The molecule has 0 aliphatic rings. The van der Waals surface area contributed by atoms with Gasteiger partial charge in [-0.3, -0.25) is 0 Å². The molecule has 0 unspecified atom stereocenters. The monoisotopic (exact) mass is 292 g/mol. The molecular formula is C11H5F5N2S. The van der Waals surface area contributed by atoms with Gasteiger partial charge in [-0.05, 0) is 18.2 Å².